The molecule has 0 atom stereocenters. The summed E-state index contributed by atoms with van der Waals surface area (Å²) >= 11 is 4.58. The first-order chi connectivity index (χ1) is 13.9. The number of hydrogen-bond donors (Lipinski definition) is 1. The number of nitrogens with zero attached hydrogens (tertiary/aromatic N) is 3. The monoisotopic (exact) mass is 455 g/mol. The van der Waals surface area contributed by atoms with Crippen molar-refractivity contribution in [3.63, 3.8) is 0 Å². The van der Waals surface area contributed by atoms with Gasteiger partial charge in [-0.25, -0.2) is 9.97 Å². The summed E-state index contributed by atoms with van der Waals surface area (Å²) in [5.74, 6) is -0.816. The molecule has 2 rings (SSSR count). The van der Waals surface area contributed by atoms with Crippen molar-refractivity contribution in [1.82, 2.24) is 9.97 Å². The Morgan fingerprint density at radius 1 is 1.07 bits per heavy atom. The molecule has 0 aliphatic rings. The van der Waals surface area contributed by atoms with Crippen LogP contribution in [0.1, 0.15) is 71.2 Å². The lowest BCUT2D eigenvalue weighted by atomic mass is 10.1. The number of unbranched alkanes of at least 4 members (excludes halogenated alkanes) is 4. The van der Waals surface area contributed by atoms with E-state index in [9.17, 15) is 9.90 Å². The van der Waals surface area contributed by atoms with Crippen molar-refractivity contribution in [2.45, 2.75) is 81.7 Å². The SMILES string of the molecule is CCCCCCCN(CCc1csc(SC(C)(C)C(=O)O)n1)c1nc(CC)cs1. The highest BCUT2D eigenvalue weighted by atomic mass is 32.2. The second-order valence-electron chi connectivity index (χ2n) is 7.65. The molecule has 0 spiro atoms. The molecule has 2 aromatic rings. The summed E-state index contributed by atoms with van der Waals surface area (Å²) in [6.07, 6.45) is 8.13. The van der Waals surface area contributed by atoms with E-state index in [1.165, 1.54) is 55.2 Å². The second-order valence-corrected chi connectivity index (χ2v) is 11.2. The largest absolute Gasteiger partial charge is 0.480 e. The third kappa shape index (κ3) is 7.90. The molecule has 0 saturated heterocycles. The summed E-state index contributed by atoms with van der Waals surface area (Å²) in [4.78, 5) is 23.2. The zero-order chi connectivity index (χ0) is 21.3. The fraction of sp³-hybridized carbons (Fsp3) is 0.667. The summed E-state index contributed by atoms with van der Waals surface area (Å²) in [6, 6.07) is 0. The Morgan fingerprint density at radius 3 is 2.45 bits per heavy atom. The number of carboxylic acids is 1. The van der Waals surface area contributed by atoms with E-state index in [0.29, 0.717) is 0 Å². The third-order valence-electron chi connectivity index (χ3n) is 4.73. The molecule has 8 heteroatoms. The van der Waals surface area contributed by atoms with Crippen LogP contribution in [0.4, 0.5) is 5.13 Å². The standard InChI is InChI=1S/C21H33N3O2S3/c1-5-7-8-9-10-12-24(19-22-16(6-2)14-27-19)13-11-17-15-28-20(23-17)29-21(3,4)18(25)26/h14-15H,5-13H2,1-4H3,(H,25,26). The maximum absolute atomic E-state index is 11.3. The zero-order valence-corrected chi connectivity index (χ0v) is 20.4. The van der Waals surface area contributed by atoms with E-state index < -0.39 is 10.7 Å². The molecule has 0 fully saturated rings. The number of aromatic nitrogens is 2. The van der Waals surface area contributed by atoms with Crippen LogP contribution in [0.3, 0.4) is 0 Å². The Hall–Kier alpha value is -1.12. The van der Waals surface area contributed by atoms with Gasteiger partial charge in [0.05, 0.1) is 11.4 Å². The van der Waals surface area contributed by atoms with Crippen LogP contribution in [0.5, 0.6) is 0 Å². The first kappa shape index (κ1) is 24.2. The first-order valence-corrected chi connectivity index (χ1v) is 13.0. The number of thiazole rings is 2. The molecule has 2 heterocycles. The molecule has 0 amide bonds. The number of carboxylic acid groups (broad SMARTS) is 1. The number of aliphatic carboxylic acids is 1. The van der Waals surface area contributed by atoms with E-state index in [-0.39, 0.29) is 0 Å². The van der Waals surface area contributed by atoms with Gasteiger partial charge < -0.3 is 10.0 Å². The van der Waals surface area contributed by atoms with E-state index in [4.69, 9.17) is 4.98 Å². The fourth-order valence-corrected chi connectivity index (χ4v) is 5.96. The highest BCUT2D eigenvalue weighted by Gasteiger charge is 2.29. The minimum atomic E-state index is -0.864. The van der Waals surface area contributed by atoms with Gasteiger partial charge in [0.15, 0.2) is 9.47 Å². The number of anilines is 1. The summed E-state index contributed by atoms with van der Waals surface area (Å²) in [5.41, 5.74) is 2.19. The topological polar surface area (TPSA) is 66.3 Å². The van der Waals surface area contributed by atoms with E-state index in [1.807, 2.05) is 0 Å². The van der Waals surface area contributed by atoms with E-state index in [0.717, 1.165) is 46.8 Å². The van der Waals surface area contributed by atoms with Crippen molar-refractivity contribution in [2.75, 3.05) is 18.0 Å². The summed E-state index contributed by atoms with van der Waals surface area (Å²) in [6.45, 7) is 9.73. The molecule has 2 aromatic heterocycles. The van der Waals surface area contributed by atoms with Crippen molar-refractivity contribution in [1.29, 1.82) is 0 Å². The maximum Gasteiger partial charge on any atom is 0.319 e. The van der Waals surface area contributed by atoms with Crippen molar-refractivity contribution >= 4 is 45.5 Å². The molecule has 0 aliphatic carbocycles. The molecule has 5 nitrogen and oxygen atoms in total. The van der Waals surface area contributed by atoms with Gasteiger partial charge in [0, 0.05) is 30.3 Å². The van der Waals surface area contributed by atoms with Gasteiger partial charge in [-0.3, -0.25) is 4.79 Å². The highest BCUT2D eigenvalue weighted by Crippen LogP contribution is 2.34. The Bertz CT molecular complexity index is 758. The number of hydrogen-bond acceptors (Lipinski definition) is 7. The minimum Gasteiger partial charge on any atom is -0.480 e. The zero-order valence-electron chi connectivity index (χ0n) is 17.9. The van der Waals surface area contributed by atoms with Gasteiger partial charge >= 0.3 is 5.97 Å². The fourth-order valence-electron chi connectivity index (χ4n) is 2.77. The number of carbonyl (C=O) groups is 1. The average Bonchev–Trinajstić information content (AvgIpc) is 3.33. The van der Waals surface area contributed by atoms with Crippen molar-refractivity contribution in [2.24, 2.45) is 0 Å². The first-order valence-electron chi connectivity index (χ1n) is 10.4. The lowest BCUT2D eigenvalue weighted by Crippen LogP contribution is -2.27. The van der Waals surface area contributed by atoms with Gasteiger partial charge in [-0.2, -0.15) is 0 Å². The van der Waals surface area contributed by atoms with Gasteiger partial charge in [0.1, 0.15) is 4.75 Å². The number of thioether (sulfide) groups is 1. The predicted molar refractivity (Wildman–Crippen MR) is 126 cm³/mol. The quantitative estimate of drug-likeness (QED) is 0.273. The third-order valence-corrected chi connectivity index (χ3v) is 7.85. The van der Waals surface area contributed by atoms with Gasteiger partial charge in [0.2, 0.25) is 0 Å². The Labute approximate surface area is 187 Å². The Kier molecular flexibility index (Phi) is 9.92. The minimum absolute atomic E-state index is 0.816. The van der Waals surface area contributed by atoms with Crippen molar-refractivity contribution in [3.8, 4) is 0 Å². The normalized spacial score (nSPS) is 11.7. The average molecular weight is 456 g/mol. The van der Waals surface area contributed by atoms with E-state index in [1.54, 1.807) is 25.2 Å². The lowest BCUT2D eigenvalue weighted by molar-refractivity contribution is -0.138. The molecule has 0 aromatic carbocycles. The van der Waals surface area contributed by atoms with Crippen LogP contribution in [-0.4, -0.2) is 38.9 Å². The van der Waals surface area contributed by atoms with Gasteiger partial charge in [-0.05, 0) is 26.7 Å². The highest BCUT2D eigenvalue weighted by molar-refractivity contribution is 8.02. The molecular formula is C21H33N3O2S3. The predicted octanol–water partition coefficient (Wildman–Crippen LogP) is 6.14. The summed E-state index contributed by atoms with van der Waals surface area (Å²) < 4.78 is -0.0436. The van der Waals surface area contributed by atoms with Crippen LogP contribution < -0.4 is 4.90 Å². The lowest BCUT2D eigenvalue weighted by Gasteiger charge is -2.21. The molecule has 1 N–H and O–H groups in total. The van der Waals surface area contributed by atoms with Crippen molar-refractivity contribution in [3.05, 3.63) is 22.1 Å². The van der Waals surface area contributed by atoms with Crippen LogP contribution in [0.2, 0.25) is 0 Å². The van der Waals surface area contributed by atoms with E-state index >= 15 is 0 Å². The number of aryl methyl sites for hydroxylation is 1. The Morgan fingerprint density at radius 2 is 1.79 bits per heavy atom. The molecule has 0 unspecified atom stereocenters. The number of rotatable bonds is 14. The second kappa shape index (κ2) is 11.9. The molecule has 0 bridgehead atoms. The summed E-state index contributed by atoms with van der Waals surface area (Å²) in [5, 5.41) is 14.6. The maximum atomic E-state index is 11.3. The molecule has 0 saturated carbocycles. The molecular weight excluding hydrogens is 422 g/mol. The van der Waals surface area contributed by atoms with Crippen molar-refractivity contribution < 1.29 is 9.90 Å². The van der Waals surface area contributed by atoms with E-state index in [2.05, 4.69) is 34.5 Å². The van der Waals surface area contributed by atoms with Crippen LogP contribution in [0.25, 0.3) is 0 Å². The van der Waals surface area contributed by atoms with Crippen LogP contribution in [0.15, 0.2) is 15.1 Å². The molecule has 162 valence electrons. The van der Waals surface area contributed by atoms with Crippen LogP contribution in [0, 0.1) is 0 Å². The summed E-state index contributed by atoms with van der Waals surface area (Å²) in [7, 11) is 0. The molecule has 0 radical (unpaired) electrons. The Balaban J connectivity index is 1.95. The van der Waals surface area contributed by atoms with Gasteiger partial charge in [-0.15, -0.1) is 22.7 Å². The van der Waals surface area contributed by atoms with Crippen LogP contribution >= 0.6 is 34.4 Å². The van der Waals surface area contributed by atoms with Gasteiger partial charge in [-0.1, -0.05) is 51.3 Å². The van der Waals surface area contributed by atoms with Gasteiger partial charge in [0.25, 0.3) is 0 Å². The van der Waals surface area contributed by atoms with Crippen LogP contribution in [-0.2, 0) is 17.6 Å². The molecule has 29 heavy (non-hydrogen) atoms. The molecule has 0 aliphatic heterocycles. The smallest absolute Gasteiger partial charge is 0.319 e.